The van der Waals surface area contributed by atoms with Gasteiger partial charge in [0.15, 0.2) is 0 Å². The van der Waals surface area contributed by atoms with Crippen molar-refractivity contribution < 1.29 is 9.84 Å². The number of nitrogens with one attached hydrogen (secondary N) is 1. The van der Waals surface area contributed by atoms with Gasteiger partial charge in [-0.1, -0.05) is 24.3 Å². The molecule has 1 aliphatic heterocycles. The van der Waals surface area contributed by atoms with Gasteiger partial charge in [0.25, 0.3) is 0 Å². The quantitative estimate of drug-likeness (QED) is 0.836. The Bertz CT molecular complexity index is 354. The highest BCUT2D eigenvalue weighted by Crippen LogP contribution is 2.14. The number of hydrogen-bond donors (Lipinski definition) is 2. The maximum atomic E-state index is 9.08. The van der Waals surface area contributed by atoms with Crippen molar-refractivity contribution in [3.05, 3.63) is 35.4 Å². The number of ether oxygens (including phenoxy) is 1. The highest BCUT2D eigenvalue weighted by molar-refractivity contribution is 5.22. The zero-order chi connectivity index (χ0) is 12.1. The van der Waals surface area contributed by atoms with Crippen LogP contribution in [0.2, 0.25) is 0 Å². The molecular weight excluding hydrogens is 214 g/mol. The van der Waals surface area contributed by atoms with Crippen LogP contribution in [-0.2, 0) is 17.9 Å². The lowest BCUT2D eigenvalue weighted by Gasteiger charge is -2.28. The van der Waals surface area contributed by atoms with Crippen molar-refractivity contribution in [1.82, 2.24) is 5.32 Å². The molecule has 1 heterocycles. The van der Waals surface area contributed by atoms with Gasteiger partial charge in [-0.25, -0.2) is 0 Å². The van der Waals surface area contributed by atoms with E-state index in [2.05, 4.69) is 24.4 Å². The number of hydrogen-bond acceptors (Lipinski definition) is 3. The largest absolute Gasteiger partial charge is 0.392 e. The second-order valence-electron chi connectivity index (χ2n) is 4.76. The van der Waals surface area contributed by atoms with Crippen molar-refractivity contribution in [2.45, 2.75) is 45.1 Å². The summed E-state index contributed by atoms with van der Waals surface area (Å²) >= 11 is 0. The molecule has 94 valence electrons. The van der Waals surface area contributed by atoms with Gasteiger partial charge in [-0.2, -0.15) is 0 Å². The van der Waals surface area contributed by atoms with Gasteiger partial charge >= 0.3 is 0 Å². The molecule has 1 aromatic rings. The third-order valence-corrected chi connectivity index (χ3v) is 3.25. The lowest BCUT2D eigenvalue weighted by Crippen LogP contribution is -2.37. The lowest BCUT2D eigenvalue weighted by atomic mass is 10.0. The molecule has 2 rings (SSSR count). The molecule has 0 aromatic heterocycles. The lowest BCUT2D eigenvalue weighted by molar-refractivity contribution is 0.0130. The Morgan fingerprint density at radius 1 is 1.41 bits per heavy atom. The van der Waals surface area contributed by atoms with Crippen molar-refractivity contribution in [1.29, 1.82) is 0 Å². The summed E-state index contributed by atoms with van der Waals surface area (Å²) in [6.45, 7) is 3.96. The van der Waals surface area contributed by atoms with E-state index >= 15 is 0 Å². The summed E-state index contributed by atoms with van der Waals surface area (Å²) in [4.78, 5) is 0. The Morgan fingerprint density at radius 2 is 2.24 bits per heavy atom. The zero-order valence-corrected chi connectivity index (χ0v) is 10.4. The minimum absolute atomic E-state index is 0.113. The van der Waals surface area contributed by atoms with Gasteiger partial charge in [0.1, 0.15) is 0 Å². The highest BCUT2D eigenvalue weighted by Gasteiger charge is 2.18. The van der Waals surface area contributed by atoms with Crippen molar-refractivity contribution in [3.8, 4) is 0 Å². The van der Waals surface area contributed by atoms with Crippen molar-refractivity contribution in [2.75, 3.05) is 6.61 Å². The van der Waals surface area contributed by atoms with Gasteiger partial charge in [0.05, 0.1) is 12.7 Å². The summed E-state index contributed by atoms with van der Waals surface area (Å²) in [5.41, 5.74) is 2.21. The molecule has 3 nitrogen and oxygen atoms in total. The molecule has 0 bridgehead atoms. The van der Waals surface area contributed by atoms with Gasteiger partial charge in [0.2, 0.25) is 0 Å². The van der Waals surface area contributed by atoms with Gasteiger partial charge in [-0.05, 0) is 30.9 Å². The van der Waals surface area contributed by atoms with Gasteiger partial charge < -0.3 is 15.2 Å². The molecule has 2 unspecified atom stereocenters. The van der Waals surface area contributed by atoms with Gasteiger partial charge in [-0.3, -0.25) is 0 Å². The standard InChI is InChI=1S/C14H21NO2/c1-11-7-14(5-6-17-11)15-9-12-3-2-4-13(8-12)10-16/h2-4,8,11,14-16H,5-7,9-10H2,1H3. The average Bonchev–Trinajstić information content (AvgIpc) is 2.37. The van der Waals surface area contributed by atoms with Gasteiger partial charge in [-0.15, -0.1) is 0 Å². The molecule has 1 aliphatic rings. The molecule has 2 N–H and O–H groups in total. The molecule has 3 heteroatoms. The summed E-state index contributed by atoms with van der Waals surface area (Å²) in [7, 11) is 0. The van der Waals surface area contributed by atoms with Crippen LogP contribution in [0, 0.1) is 0 Å². The highest BCUT2D eigenvalue weighted by atomic mass is 16.5. The number of benzene rings is 1. The Kier molecular flexibility index (Phi) is 4.54. The zero-order valence-electron chi connectivity index (χ0n) is 10.4. The molecule has 0 spiro atoms. The van der Waals surface area contributed by atoms with E-state index in [1.807, 2.05) is 12.1 Å². The topological polar surface area (TPSA) is 41.5 Å². The second-order valence-corrected chi connectivity index (χ2v) is 4.76. The maximum Gasteiger partial charge on any atom is 0.0681 e. The van der Waals surface area contributed by atoms with E-state index in [9.17, 15) is 0 Å². The van der Waals surface area contributed by atoms with Crippen LogP contribution in [0.25, 0.3) is 0 Å². The summed E-state index contributed by atoms with van der Waals surface area (Å²) in [5.74, 6) is 0. The van der Waals surface area contributed by atoms with Gasteiger partial charge in [0, 0.05) is 19.2 Å². The minimum atomic E-state index is 0.113. The number of aliphatic hydroxyl groups is 1. The second kappa shape index (κ2) is 6.15. The number of aliphatic hydroxyl groups excluding tert-OH is 1. The first kappa shape index (κ1) is 12.6. The van der Waals surface area contributed by atoms with E-state index in [4.69, 9.17) is 9.84 Å². The first-order chi connectivity index (χ1) is 8.28. The van der Waals surface area contributed by atoms with E-state index in [0.29, 0.717) is 12.1 Å². The Labute approximate surface area is 103 Å². The van der Waals surface area contributed by atoms with E-state index in [1.165, 1.54) is 5.56 Å². The molecule has 1 saturated heterocycles. The maximum absolute atomic E-state index is 9.08. The van der Waals surface area contributed by atoms with Crippen LogP contribution >= 0.6 is 0 Å². The molecule has 0 aliphatic carbocycles. The molecule has 0 radical (unpaired) electrons. The van der Waals surface area contributed by atoms with Crippen LogP contribution < -0.4 is 5.32 Å². The van der Waals surface area contributed by atoms with Crippen LogP contribution in [0.1, 0.15) is 30.9 Å². The predicted octanol–water partition coefficient (Wildman–Crippen LogP) is 1.84. The van der Waals surface area contributed by atoms with Crippen molar-refractivity contribution in [2.24, 2.45) is 0 Å². The molecular formula is C14H21NO2. The summed E-state index contributed by atoms with van der Waals surface area (Å²) in [6, 6.07) is 8.64. The molecule has 0 saturated carbocycles. The molecule has 2 atom stereocenters. The predicted molar refractivity (Wildman–Crippen MR) is 67.6 cm³/mol. The van der Waals surface area contributed by atoms with Crippen LogP contribution in [-0.4, -0.2) is 23.9 Å². The molecule has 1 fully saturated rings. The smallest absolute Gasteiger partial charge is 0.0681 e. The van der Waals surface area contributed by atoms with Crippen LogP contribution in [0.3, 0.4) is 0 Å². The minimum Gasteiger partial charge on any atom is -0.392 e. The van der Waals surface area contributed by atoms with E-state index in [-0.39, 0.29) is 6.61 Å². The van der Waals surface area contributed by atoms with E-state index < -0.39 is 0 Å². The average molecular weight is 235 g/mol. The van der Waals surface area contributed by atoms with E-state index in [0.717, 1.165) is 31.6 Å². The summed E-state index contributed by atoms with van der Waals surface area (Å²) in [6.07, 6.45) is 2.54. The Balaban J connectivity index is 1.84. The fourth-order valence-electron chi connectivity index (χ4n) is 2.28. The number of rotatable bonds is 4. The summed E-state index contributed by atoms with van der Waals surface area (Å²) < 4.78 is 5.52. The first-order valence-corrected chi connectivity index (χ1v) is 6.31. The van der Waals surface area contributed by atoms with Crippen molar-refractivity contribution in [3.63, 3.8) is 0 Å². The van der Waals surface area contributed by atoms with Crippen LogP contribution in [0.4, 0.5) is 0 Å². The molecule has 1 aromatic carbocycles. The fourth-order valence-corrected chi connectivity index (χ4v) is 2.28. The fraction of sp³-hybridized carbons (Fsp3) is 0.571. The summed E-state index contributed by atoms with van der Waals surface area (Å²) in [5, 5.41) is 12.6. The van der Waals surface area contributed by atoms with Crippen LogP contribution in [0.15, 0.2) is 24.3 Å². The van der Waals surface area contributed by atoms with Crippen LogP contribution in [0.5, 0.6) is 0 Å². The SMILES string of the molecule is CC1CC(NCc2cccc(CO)c2)CCO1. The molecule has 0 amide bonds. The Morgan fingerprint density at radius 3 is 3.00 bits per heavy atom. The third kappa shape index (κ3) is 3.80. The van der Waals surface area contributed by atoms with E-state index in [1.54, 1.807) is 0 Å². The molecule has 17 heavy (non-hydrogen) atoms. The third-order valence-electron chi connectivity index (χ3n) is 3.25. The first-order valence-electron chi connectivity index (χ1n) is 6.31. The monoisotopic (exact) mass is 235 g/mol. The Hall–Kier alpha value is -0.900. The normalized spacial score (nSPS) is 24.8. The van der Waals surface area contributed by atoms with Crippen molar-refractivity contribution >= 4 is 0 Å².